The molecule has 0 aromatic heterocycles. The van der Waals surface area contributed by atoms with Crippen molar-refractivity contribution in [1.82, 2.24) is 0 Å². The van der Waals surface area contributed by atoms with Crippen LogP contribution in [0.4, 0.5) is 29.3 Å². The Bertz CT molecular complexity index is 890. The van der Waals surface area contributed by atoms with Gasteiger partial charge in [-0.25, -0.2) is 9.59 Å². The van der Waals surface area contributed by atoms with Crippen LogP contribution < -0.4 is 10.2 Å². The number of halogens is 4. The zero-order valence-corrected chi connectivity index (χ0v) is 16.2. The Labute approximate surface area is 169 Å². The molecule has 1 atom stereocenters. The molecule has 2 amide bonds. The van der Waals surface area contributed by atoms with Crippen molar-refractivity contribution < 1.29 is 32.6 Å². The lowest BCUT2D eigenvalue weighted by Gasteiger charge is -2.29. The van der Waals surface area contributed by atoms with E-state index in [1.54, 1.807) is 18.2 Å². The smallest absolute Gasteiger partial charge is 0.432 e. The average Bonchev–Trinajstić information content (AvgIpc) is 2.66. The van der Waals surface area contributed by atoms with Crippen molar-refractivity contribution in [3.8, 4) is 0 Å². The highest BCUT2D eigenvalue weighted by Crippen LogP contribution is 2.40. The van der Waals surface area contributed by atoms with Crippen molar-refractivity contribution in [2.75, 3.05) is 23.9 Å². The molecular weight excluding hydrogens is 413 g/mol. The fourth-order valence-electron chi connectivity index (χ4n) is 2.45. The topological polar surface area (TPSA) is 78.9 Å². The molecule has 0 aliphatic heterocycles. The molecule has 0 aliphatic carbocycles. The predicted octanol–water partition coefficient (Wildman–Crippen LogP) is 4.32. The molecule has 0 aliphatic rings. The lowest BCUT2D eigenvalue weighted by molar-refractivity contribution is -0.267. The number of nitrogens with zero attached hydrogens (tertiary/aromatic N) is 1. The molecule has 10 heteroatoms. The molecule has 2 aromatic rings. The number of benzene rings is 2. The van der Waals surface area contributed by atoms with Crippen molar-refractivity contribution in [2.24, 2.45) is 0 Å². The quantitative estimate of drug-likeness (QED) is 0.692. The van der Waals surface area contributed by atoms with Gasteiger partial charge in [-0.05, 0) is 37.3 Å². The van der Waals surface area contributed by atoms with Gasteiger partial charge in [-0.3, -0.25) is 4.90 Å². The maximum Gasteiger partial charge on any atom is 0.432 e. The van der Waals surface area contributed by atoms with Gasteiger partial charge in [0.15, 0.2) is 0 Å². The summed E-state index contributed by atoms with van der Waals surface area (Å²) < 4.78 is 44.6. The summed E-state index contributed by atoms with van der Waals surface area (Å²) >= 11 is 5.85. The summed E-state index contributed by atoms with van der Waals surface area (Å²) in [5, 5.41) is 13.1. The number of amides is 2. The van der Waals surface area contributed by atoms with Crippen molar-refractivity contribution in [1.29, 1.82) is 0 Å². The summed E-state index contributed by atoms with van der Waals surface area (Å²) in [6.45, 7) is 0.993. The minimum Gasteiger partial charge on any atom is -0.463 e. The molecule has 2 rings (SSSR count). The third-order valence-electron chi connectivity index (χ3n) is 4.03. The van der Waals surface area contributed by atoms with E-state index in [0.29, 0.717) is 10.7 Å². The van der Waals surface area contributed by atoms with E-state index < -0.39 is 29.3 Å². The Morgan fingerprint density at radius 1 is 1.17 bits per heavy atom. The third kappa shape index (κ3) is 4.80. The first-order chi connectivity index (χ1) is 13.5. The third-order valence-corrected chi connectivity index (χ3v) is 4.27. The molecule has 0 spiro atoms. The number of nitrogens with one attached hydrogen (secondary N) is 1. The van der Waals surface area contributed by atoms with E-state index in [1.165, 1.54) is 32.2 Å². The minimum absolute atomic E-state index is 0.224. The van der Waals surface area contributed by atoms with Crippen molar-refractivity contribution in [3.63, 3.8) is 0 Å². The zero-order chi connectivity index (χ0) is 21.8. The van der Waals surface area contributed by atoms with E-state index in [9.17, 15) is 27.9 Å². The maximum atomic E-state index is 13.4. The fourth-order valence-corrected chi connectivity index (χ4v) is 2.64. The molecule has 29 heavy (non-hydrogen) atoms. The van der Waals surface area contributed by atoms with Crippen LogP contribution in [0.15, 0.2) is 48.5 Å². The molecule has 156 valence electrons. The first-order valence-electron chi connectivity index (χ1n) is 8.37. The molecule has 0 fully saturated rings. The largest absolute Gasteiger partial charge is 0.463 e. The maximum absolute atomic E-state index is 13.4. The summed E-state index contributed by atoms with van der Waals surface area (Å²) in [7, 11) is 1.40. The van der Waals surface area contributed by atoms with Crippen LogP contribution in [-0.4, -0.2) is 36.9 Å². The van der Waals surface area contributed by atoms with Crippen LogP contribution in [0.25, 0.3) is 0 Å². The van der Waals surface area contributed by atoms with Crippen LogP contribution in [0.5, 0.6) is 0 Å². The SMILES string of the molecule is CCOC(=O)[C@@](O)(c1ccc(N(C)C(=O)Nc2cccc(Cl)c2)cc1)C(F)(F)F. The molecule has 2 N–H and O–H groups in total. The van der Waals surface area contributed by atoms with Crippen molar-refractivity contribution in [3.05, 3.63) is 59.1 Å². The first kappa shape index (κ1) is 22.5. The Morgan fingerprint density at radius 3 is 2.31 bits per heavy atom. The lowest BCUT2D eigenvalue weighted by Crippen LogP contribution is -2.50. The number of ether oxygens (including phenoxy) is 1. The molecular formula is C19H18ClF3N2O4. The number of urea groups is 1. The van der Waals surface area contributed by atoms with Gasteiger partial charge in [-0.1, -0.05) is 29.8 Å². The average molecular weight is 431 g/mol. The molecule has 2 aromatic carbocycles. The molecule has 0 saturated carbocycles. The van der Waals surface area contributed by atoms with Gasteiger partial charge in [0.1, 0.15) is 0 Å². The summed E-state index contributed by atoms with van der Waals surface area (Å²) in [4.78, 5) is 25.3. The van der Waals surface area contributed by atoms with Crippen LogP contribution in [0.2, 0.25) is 5.02 Å². The molecule has 0 saturated heterocycles. The number of hydrogen-bond donors (Lipinski definition) is 2. The number of aliphatic hydroxyl groups is 1. The Morgan fingerprint density at radius 2 is 1.79 bits per heavy atom. The fraction of sp³-hybridized carbons (Fsp3) is 0.263. The molecule has 0 unspecified atom stereocenters. The standard InChI is InChI=1S/C19H18ClF3N2O4/c1-3-29-16(26)18(28,19(21,22)23)12-7-9-15(10-8-12)25(2)17(27)24-14-6-4-5-13(20)11-14/h4-11,28H,3H2,1-2H3,(H,24,27)/t18-/m0/s1. The van der Waals surface area contributed by atoms with E-state index in [2.05, 4.69) is 10.1 Å². The van der Waals surface area contributed by atoms with Gasteiger partial charge in [-0.15, -0.1) is 0 Å². The van der Waals surface area contributed by atoms with Gasteiger partial charge in [0.25, 0.3) is 5.60 Å². The van der Waals surface area contributed by atoms with E-state index >= 15 is 0 Å². The van der Waals surface area contributed by atoms with Gasteiger partial charge in [0.2, 0.25) is 0 Å². The molecule has 0 heterocycles. The van der Waals surface area contributed by atoms with Crippen LogP contribution in [-0.2, 0) is 15.1 Å². The zero-order valence-electron chi connectivity index (χ0n) is 15.5. The van der Waals surface area contributed by atoms with E-state index in [-0.39, 0.29) is 12.3 Å². The highest BCUT2D eigenvalue weighted by molar-refractivity contribution is 6.30. The van der Waals surface area contributed by atoms with Gasteiger partial charge < -0.3 is 15.2 Å². The second-order valence-electron chi connectivity index (χ2n) is 5.98. The minimum atomic E-state index is -5.30. The van der Waals surface area contributed by atoms with Gasteiger partial charge >= 0.3 is 18.2 Å². The highest BCUT2D eigenvalue weighted by atomic mass is 35.5. The summed E-state index contributed by atoms with van der Waals surface area (Å²) in [6, 6.07) is 9.99. The van der Waals surface area contributed by atoms with E-state index in [0.717, 1.165) is 17.0 Å². The monoisotopic (exact) mass is 430 g/mol. The Hall–Kier alpha value is -2.78. The van der Waals surface area contributed by atoms with Gasteiger partial charge in [0.05, 0.1) is 6.61 Å². The van der Waals surface area contributed by atoms with Gasteiger partial charge in [-0.2, -0.15) is 13.2 Å². The second kappa shape index (κ2) is 8.71. The van der Waals surface area contributed by atoms with Crippen molar-refractivity contribution in [2.45, 2.75) is 18.7 Å². The second-order valence-corrected chi connectivity index (χ2v) is 6.41. The molecule has 0 bridgehead atoms. The summed E-state index contributed by atoms with van der Waals surface area (Å²) in [5.74, 6) is -1.83. The number of alkyl halides is 3. The Kier molecular flexibility index (Phi) is 6.76. The summed E-state index contributed by atoms with van der Waals surface area (Å²) in [6.07, 6.45) is -5.30. The number of carbonyl (C=O) groups excluding carboxylic acids is 2. The highest BCUT2D eigenvalue weighted by Gasteiger charge is 2.62. The molecule has 0 radical (unpaired) electrons. The van der Waals surface area contributed by atoms with Crippen LogP contribution >= 0.6 is 11.6 Å². The summed E-state index contributed by atoms with van der Waals surface area (Å²) in [5.41, 5.74) is -3.89. The first-order valence-corrected chi connectivity index (χ1v) is 8.75. The number of esters is 1. The van der Waals surface area contributed by atoms with Crippen LogP contribution in [0.3, 0.4) is 0 Å². The van der Waals surface area contributed by atoms with E-state index in [1.807, 2.05) is 0 Å². The Balaban J connectivity index is 2.25. The number of carbonyl (C=O) groups is 2. The number of hydrogen-bond acceptors (Lipinski definition) is 4. The lowest BCUT2D eigenvalue weighted by atomic mass is 9.93. The van der Waals surface area contributed by atoms with Crippen molar-refractivity contribution >= 4 is 35.0 Å². The van der Waals surface area contributed by atoms with Crippen LogP contribution in [0, 0.1) is 0 Å². The number of rotatable bonds is 5. The van der Waals surface area contributed by atoms with Crippen LogP contribution in [0.1, 0.15) is 12.5 Å². The molecule has 6 nitrogen and oxygen atoms in total. The normalized spacial score (nSPS) is 13.3. The number of anilines is 2. The van der Waals surface area contributed by atoms with E-state index in [4.69, 9.17) is 11.6 Å². The van der Waals surface area contributed by atoms with Gasteiger partial charge in [0, 0.05) is 29.0 Å². The predicted molar refractivity (Wildman–Crippen MR) is 102 cm³/mol.